The predicted molar refractivity (Wildman–Crippen MR) is 40.3 cm³/mol. The lowest BCUT2D eigenvalue weighted by Crippen LogP contribution is -2.59. The van der Waals surface area contributed by atoms with E-state index < -0.39 is 34.0 Å². The summed E-state index contributed by atoms with van der Waals surface area (Å²) in [5.41, 5.74) is 0. The number of hydrogen-bond donors (Lipinski definition) is 0. The van der Waals surface area contributed by atoms with Gasteiger partial charge in [0.25, 0.3) is 0 Å². The lowest BCUT2D eigenvalue weighted by molar-refractivity contribution is -0.263. The van der Waals surface area contributed by atoms with Crippen molar-refractivity contribution in [1.82, 2.24) is 0 Å². The topological polar surface area (TPSA) is 26.3 Å². The van der Waals surface area contributed by atoms with Crippen molar-refractivity contribution in [2.24, 2.45) is 0 Å². The summed E-state index contributed by atoms with van der Waals surface area (Å²) in [5, 5.41) is 0. The van der Waals surface area contributed by atoms with Gasteiger partial charge in [0.2, 0.25) is 0 Å². The van der Waals surface area contributed by atoms with Crippen molar-refractivity contribution in [2.45, 2.75) is 17.1 Å². The number of methoxy groups -OCH3 is 1. The number of esters is 1. The molecule has 0 spiro atoms. The molecule has 0 atom stereocenters. The van der Waals surface area contributed by atoms with E-state index in [-0.39, 0.29) is 0 Å². The Morgan fingerprint density at radius 2 is 1.47 bits per heavy atom. The van der Waals surface area contributed by atoms with Gasteiger partial charge in [-0.1, -0.05) is 0 Å². The second-order valence-electron chi connectivity index (χ2n) is 2.25. The van der Waals surface area contributed by atoms with Gasteiger partial charge in [0.15, 0.2) is 0 Å². The van der Waals surface area contributed by atoms with Crippen LogP contribution in [-0.2, 0) is 9.53 Å². The van der Waals surface area contributed by atoms with Gasteiger partial charge >= 0.3 is 23.1 Å². The molecule has 0 aliphatic heterocycles. The van der Waals surface area contributed by atoms with Crippen LogP contribution >= 0.6 is 21.7 Å². The molecule has 15 heavy (non-hydrogen) atoms. The molecule has 90 valence electrons. The third-order valence-corrected chi connectivity index (χ3v) is 2.94. The van der Waals surface area contributed by atoms with Crippen molar-refractivity contribution in [1.29, 1.82) is 0 Å². The zero-order valence-corrected chi connectivity index (χ0v) is 8.44. The molecule has 0 bridgehead atoms. The standard InChI is InChI=1S/C5H3ClF6O2S/c1-14-2(13)3(15-6,4(7,8)9)5(10,11)12/h1H3. The SMILES string of the molecule is COC(=O)C(SCl)(C(F)(F)F)C(F)(F)F. The third-order valence-electron chi connectivity index (χ3n) is 1.39. The van der Waals surface area contributed by atoms with Crippen molar-refractivity contribution in [3.8, 4) is 0 Å². The zero-order chi connectivity index (χ0) is 12.5. The molecule has 10 heteroatoms. The molecule has 0 rings (SSSR count). The van der Waals surface area contributed by atoms with Crippen molar-refractivity contribution in [2.75, 3.05) is 7.11 Å². The van der Waals surface area contributed by atoms with E-state index in [9.17, 15) is 31.1 Å². The van der Waals surface area contributed by atoms with E-state index in [0.717, 1.165) is 0 Å². The normalized spacial score (nSPS) is 13.9. The Morgan fingerprint density at radius 1 is 1.13 bits per heavy atom. The van der Waals surface area contributed by atoms with Gasteiger partial charge < -0.3 is 4.74 Å². The van der Waals surface area contributed by atoms with Crippen LogP contribution in [0.25, 0.3) is 0 Å². The number of carbonyl (C=O) groups is 1. The van der Waals surface area contributed by atoms with Crippen LogP contribution in [0.2, 0.25) is 0 Å². The van der Waals surface area contributed by atoms with E-state index in [4.69, 9.17) is 0 Å². The quantitative estimate of drug-likeness (QED) is 0.573. The fraction of sp³-hybridized carbons (Fsp3) is 0.800. The Kier molecular flexibility index (Phi) is 4.19. The fourth-order valence-electron chi connectivity index (χ4n) is 0.655. The summed E-state index contributed by atoms with van der Waals surface area (Å²) >= 11 is 0. The molecule has 0 N–H and O–H groups in total. The second kappa shape index (κ2) is 4.28. The Labute approximate surface area is 88.4 Å². The van der Waals surface area contributed by atoms with Crippen molar-refractivity contribution < 1.29 is 35.9 Å². The Hall–Kier alpha value is -0.310. The molecular formula is C5H3ClF6O2S. The summed E-state index contributed by atoms with van der Waals surface area (Å²) in [6.07, 6.45) is -11.8. The number of halogens is 7. The van der Waals surface area contributed by atoms with Gasteiger partial charge in [-0.05, 0) is 21.7 Å². The highest BCUT2D eigenvalue weighted by molar-refractivity contribution is 8.22. The predicted octanol–water partition coefficient (Wildman–Crippen LogP) is 2.91. The molecule has 0 aromatic heterocycles. The number of ether oxygens (including phenoxy) is 1. The average Bonchev–Trinajstić information content (AvgIpc) is 2.00. The maximum Gasteiger partial charge on any atom is 0.424 e. The van der Waals surface area contributed by atoms with Gasteiger partial charge in [-0.25, -0.2) is 4.79 Å². The zero-order valence-electron chi connectivity index (χ0n) is 6.87. The van der Waals surface area contributed by atoms with E-state index in [1.807, 2.05) is 0 Å². The highest BCUT2D eigenvalue weighted by Gasteiger charge is 2.77. The van der Waals surface area contributed by atoms with Crippen LogP contribution in [0.3, 0.4) is 0 Å². The maximum absolute atomic E-state index is 12.2. The number of carbonyl (C=O) groups excluding carboxylic acids is 1. The molecule has 0 saturated heterocycles. The Morgan fingerprint density at radius 3 is 1.53 bits per heavy atom. The van der Waals surface area contributed by atoms with E-state index in [0.29, 0.717) is 7.11 Å². The van der Waals surface area contributed by atoms with E-state index >= 15 is 0 Å². The van der Waals surface area contributed by atoms with Crippen LogP contribution in [0.5, 0.6) is 0 Å². The first kappa shape index (κ1) is 14.7. The largest absolute Gasteiger partial charge is 0.467 e. The molecule has 0 aromatic carbocycles. The van der Waals surface area contributed by atoms with Crippen LogP contribution in [0.1, 0.15) is 0 Å². The molecule has 0 aliphatic rings. The van der Waals surface area contributed by atoms with Gasteiger partial charge in [-0.2, -0.15) is 26.3 Å². The minimum Gasteiger partial charge on any atom is -0.467 e. The molecule has 0 aliphatic carbocycles. The first-order valence-corrected chi connectivity index (χ1v) is 4.70. The fourth-order valence-corrected chi connectivity index (χ4v) is 1.69. The Balaban J connectivity index is 5.64. The van der Waals surface area contributed by atoms with Crippen molar-refractivity contribution >= 4 is 27.6 Å². The highest BCUT2D eigenvalue weighted by Crippen LogP contribution is 2.54. The molecule has 0 unspecified atom stereocenters. The summed E-state index contributed by atoms with van der Waals surface area (Å²) in [5.74, 6) is -2.51. The van der Waals surface area contributed by atoms with Crippen LogP contribution in [0.4, 0.5) is 26.3 Å². The summed E-state index contributed by atoms with van der Waals surface area (Å²) in [6, 6.07) is 0. The van der Waals surface area contributed by atoms with Crippen LogP contribution in [0.15, 0.2) is 0 Å². The number of alkyl halides is 6. The van der Waals surface area contributed by atoms with Crippen LogP contribution < -0.4 is 0 Å². The molecule has 0 heterocycles. The van der Waals surface area contributed by atoms with Crippen molar-refractivity contribution in [3.05, 3.63) is 0 Å². The summed E-state index contributed by atoms with van der Waals surface area (Å²) in [6.45, 7) is 0. The summed E-state index contributed by atoms with van der Waals surface area (Å²) < 4.78 is 71.8. The molecule has 0 saturated carbocycles. The summed E-state index contributed by atoms with van der Waals surface area (Å²) in [4.78, 5) is 10.6. The van der Waals surface area contributed by atoms with Gasteiger partial charge in [0.05, 0.1) is 7.11 Å². The summed E-state index contributed by atoms with van der Waals surface area (Å²) in [7, 11) is 3.76. The second-order valence-corrected chi connectivity index (χ2v) is 3.48. The Bertz CT molecular complexity index is 235. The molecule has 0 fully saturated rings. The van der Waals surface area contributed by atoms with E-state index in [2.05, 4.69) is 15.4 Å². The van der Waals surface area contributed by atoms with Gasteiger partial charge in [-0.3, -0.25) is 0 Å². The smallest absolute Gasteiger partial charge is 0.424 e. The number of hydrogen-bond acceptors (Lipinski definition) is 3. The first-order chi connectivity index (χ1) is 6.54. The monoisotopic (exact) mass is 276 g/mol. The average molecular weight is 277 g/mol. The third kappa shape index (κ3) is 2.27. The van der Waals surface area contributed by atoms with Gasteiger partial charge in [-0.15, -0.1) is 0 Å². The van der Waals surface area contributed by atoms with E-state index in [1.54, 1.807) is 0 Å². The van der Waals surface area contributed by atoms with Gasteiger partial charge in [0, 0.05) is 0 Å². The maximum atomic E-state index is 12.2. The molecule has 0 amide bonds. The highest BCUT2D eigenvalue weighted by atomic mass is 35.7. The lowest BCUT2D eigenvalue weighted by Gasteiger charge is -2.31. The molecule has 0 aromatic rings. The minimum atomic E-state index is -5.90. The number of rotatable bonds is 2. The minimum absolute atomic E-state index is 0.404. The molecule has 2 nitrogen and oxygen atoms in total. The lowest BCUT2D eigenvalue weighted by atomic mass is 10.1. The van der Waals surface area contributed by atoms with E-state index in [1.165, 1.54) is 0 Å². The molecular weight excluding hydrogens is 274 g/mol. The van der Waals surface area contributed by atoms with Gasteiger partial charge in [0.1, 0.15) is 0 Å². The molecule has 0 radical (unpaired) electrons. The first-order valence-electron chi connectivity index (χ1n) is 3.06. The van der Waals surface area contributed by atoms with Crippen LogP contribution in [0, 0.1) is 0 Å². The van der Waals surface area contributed by atoms with Crippen LogP contribution in [-0.4, -0.2) is 30.2 Å². The van der Waals surface area contributed by atoms with Crippen molar-refractivity contribution in [3.63, 3.8) is 0 Å².